The fraction of sp³-hybridized carbons (Fsp3) is 0.308. The molecule has 2 unspecified atom stereocenters. The van der Waals surface area contributed by atoms with Gasteiger partial charge in [-0.25, -0.2) is 0 Å². The minimum Gasteiger partial charge on any atom is -0.0617 e. The minimum atomic E-state index is 0.0359. The maximum absolute atomic E-state index is 2.43. The van der Waals surface area contributed by atoms with Gasteiger partial charge in [0.05, 0.1) is 0 Å². The van der Waals surface area contributed by atoms with Gasteiger partial charge in [0.25, 0.3) is 0 Å². The summed E-state index contributed by atoms with van der Waals surface area (Å²) >= 11 is 0. The molecule has 0 spiro atoms. The molecular weight excluding hydrogens is 312 g/mol. The molecule has 3 aliphatic rings. The molecule has 128 valence electrons. The number of hydrogen-bond donors (Lipinski definition) is 0. The van der Waals surface area contributed by atoms with Crippen LogP contribution in [0.4, 0.5) is 0 Å². The van der Waals surface area contributed by atoms with E-state index in [9.17, 15) is 0 Å². The van der Waals surface area contributed by atoms with Crippen molar-refractivity contribution in [2.45, 2.75) is 50.9 Å². The van der Waals surface area contributed by atoms with Gasteiger partial charge >= 0.3 is 0 Å². The van der Waals surface area contributed by atoms with Crippen LogP contribution in [0.1, 0.15) is 78.0 Å². The van der Waals surface area contributed by atoms with Crippen LogP contribution in [-0.2, 0) is 11.8 Å². The monoisotopic (exact) mass is 336 g/mol. The van der Waals surface area contributed by atoms with Gasteiger partial charge < -0.3 is 0 Å². The molecule has 3 aromatic rings. The summed E-state index contributed by atoms with van der Waals surface area (Å²) in [5.41, 5.74) is 14.0. The molecule has 0 heterocycles. The van der Waals surface area contributed by atoms with Crippen molar-refractivity contribution < 1.29 is 0 Å². The van der Waals surface area contributed by atoms with Gasteiger partial charge in [0, 0.05) is 11.3 Å². The van der Waals surface area contributed by atoms with E-state index in [-0.39, 0.29) is 5.41 Å². The summed E-state index contributed by atoms with van der Waals surface area (Å²) in [7, 11) is 0. The van der Waals surface area contributed by atoms with Crippen LogP contribution >= 0.6 is 0 Å². The quantitative estimate of drug-likeness (QED) is 0.342. The van der Waals surface area contributed by atoms with Crippen molar-refractivity contribution in [3.63, 3.8) is 0 Å². The Kier molecular flexibility index (Phi) is 2.66. The van der Waals surface area contributed by atoms with Crippen molar-refractivity contribution in [3.8, 4) is 11.1 Å². The summed E-state index contributed by atoms with van der Waals surface area (Å²) in [6.45, 7) is 7.28. The summed E-state index contributed by atoms with van der Waals surface area (Å²) in [6.07, 6.45) is 2.34. The molecule has 0 radical (unpaired) electrons. The lowest BCUT2D eigenvalue weighted by molar-refractivity contribution is 0.619. The van der Waals surface area contributed by atoms with Crippen molar-refractivity contribution >= 4 is 0 Å². The Morgan fingerprint density at radius 3 is 2.27 bits per heavy atom. The van der Waals surface area contributed by atoms with E-state index in [1.165, 1.54) is 23.1 Å². The van der Waals surface area contributed by atoms with Gasteiger partial charge in [-0.15, -0.1) is 0 Å². The van der Waals surface area contributed by atoms with Crippen molar-refractivity contribution in [2.24, 2.45) is 0 Å². The molecule has 3 aromatic carbocycles. The number of fused-ring (bicyclic) bond motifs is 1. The zero-order chi connectivity index (χ0) is 17.6. The molecule has 0 saturated carbocycles. The van der Waals surface area contributed by atoms with E-state index < -0.39 is 0 Å². The second-order valence-electron chi connectivity index (χ2n) is 9.02. The second-order valence-corrected chi connectivity index (χ2v) is 9.02. The summed E-state index contributed by atoms with van der Waals surface area (Å²) < 4.78 is 0. The van der Waals surface area contributed by atoms with E-state index in [4.69, 9.17) is 0 Å². The maximum atomic E-state index is 2.43. The van der Waals surface area contributed by atoms with E-state index in [1.54, 1.807) is 33.4 Å². The molecule has 3 aliphatic carbocycles. The Labute approximate surface area is 155 Å². The minimum absolute atomic E-state index is 0.0359. The van der Waals surface area contributed by atoms with E-state index in [1.807, 2.05) is 0 Å². The SMILES string of the molecule is CC1CC2c3cccc4c3-c3c(cccc3C(C)(C)c3cccc1c32)C4. The van der Waals surface area contributed by atoms with E-state index >= 15 is 0 Å². The third-order valence-electron chi connectivity index (χ3n) is 7.30. The van der Waals surface area contributed by atoms with Gasteiger partial charge in [0.15, 0.2) is 0 Å². The lowest BCUT2D eigenvalue weighted by atomic mass is 9.68. The maximum Gasteiger partial charge on any atom is 0.0155 e. The highest BCUT2D eigenvalue weighted by atomic mass is 14.5. The number of benzene rings is 3. The molecule has 0 heteroatoms. The van der Waals surface area contributed by atoms with Gasteiger partial charge in [-0.1, -0.05) is 75.4 Å². The summed E-state index contributed by atoms with van der Waals surface area (Å²) in [5, 5.41) is 0. The van der Waals surface area contributed by atoms with Crippen LogP contribution in [0, 0.1) is 0 Å². The van der Waals surface area contributed by atoms with E-state index in [0.717, 1.165) is 6.42 Å². The first-order valence-corrected chi connectivity index (χ1v) is 9.95. The third-order valence-corrected chi connectivity index (χ3v) is 7.30. The molecule has 0 nitrogen and oxygen atoms in total. The van der Waals surface area contributed by atoms with Crippen LogP contribution in [0.25, 0.3) is 11.1 Å². The number of hydrogen-bond acceptors (Lipinski definition) is 0. The van der Waals surface area contributed by atoms with Crippen LogP contribution in [0.15, 0.2) is 54.6 Å². The van der Waals surface area contributed by atoms with Crippen LogP contribution in [-0.4, -0.2) is 0 Å². The van der Waals surface area contributed by atoms with E-state index in [2.05, 4.69) is 75.4 Å². The molecule has 2 atom stereocenters. The molecule has 0 bridgehead atoms. The van der Waals surface area contributed by atoms with Crippen molar-refractivity contribution in [1.82, 2.24) is 0 Å². The van der Waals surface area contributed by atoms with Crippen molar-refractivity contribution in [1.29, 1.82) is 0 Å². The van der Waals surface area contributed by atoms with Crippen LogP contribution < -0.4 is 0 Å². The highest BCUT2D eigenvalue weighted by molar-refractivity contribution is 5.85. The zero-order valence-corrected chi connectivity index (χ0v) is 15.8. The van der Waals surface area contributed by atoms with E-state index in [0.29, 0.717) is 11.8 Å². The fourth-order valence-corrected chi connectivity index (χ4v) is 6.10. The molecule has 0 saturated heterocycles. The molecule has 0 aromatic heterocycles. The van der Waals surface area contributed by atoms with Gasteiger partial charge in [-0.2, -0.15) is 0 Å². The Bertz CT molecular complexity index is 1080. The largest absolute Gasteiger partial charge is 0.0617 e. The third kappa shape index (κ3) is 1.62. The van der Waals surface area contributed by atoms with Crippen LogP contribution in [0.5, 0.6) is 0 Å². The van der Waals surface area contributed by atoms with Crippen molar-refractivity contribution in [2.75, 3.05) is 0 Å². The smallest absolute Gasteiger partial charge is 0.0155 e. The standard InChI is InChI=1S/C26H24/c1-15-13-20-19-10-4-7-16-14-17-8-5-11-21(24(17)23(16)19)26(2,3)22-12-6-9-18(15)25(20)22/h4-12,15,20H,13-14H2,1-3H3. The Balaban J connectivity index is 1.83. The molecule has 26 heavy (non-hydrogen) atoms. The Morgan fingerprint density at radius 2 is 1.42 bits per heavy atom. The highest BCUT2D eigenvalue weighted by Crippen LogP contribution is 2.57. The van der Waals surface area contributed by atoms with Crippen molar-refractivity contribution in [3.05, 3.63) is 93.5 Å². The van der Waals surface area contributed by atoms with Crippen LogP contribution in [0.2, 0.25) is 0 Å². The first-order chi connectivity index (χ1) is 12.6. The summed E-state index contributed by atoms with van der Waals surface area (Å²) in [4.78, 5) is 0. The normalized spacial score (nSPS) is 23.2. The average molecular weight is 336 g/mol. The zero-order valence-electron chi connectivity index (χ0n) is 15.8. The van der Waals surface area contributed by atoms with Gasteiger partial charge in [-0.05, 0) is 68.8 Å². The lowest BCUT2D eigenvalue weighted by Gasteiger charge is -2.35. The number of rotatable bonds is 0. The van der Waals surface area contributed by atoms with Gasteiger partial charge in [0.1, 0.15) is 0 Å². The molecule has 6 rings (SSSR count). The predicted molar refractivity (Wildman–Crippen MR) is 108 cm³/mol. The average Bonchev–Trinajstić information content (AvgIpc) is 3.18. The summed E-state index contributed by atoms with van der Waals surface area (Å²) in [5.74, 6) is 1.19. The Morgan fingerprint density at radius 1 is 0.769 bits per heavy atom. The molecular formula is C26H24. The lowest BCUT2D eigenvalue weighted by Crippen LogP contribution is -2.24. The van der Waals surface area contributed by atoms with Gasteiger partial charge in [-0.3, -0.25) is 0 Å². The first-order valence-electron chi connectivity index (χ1n) is 9.95. The first kappa shape index (κ1) is 14.8. The second kappa shape index (κ2) is 4.68. The summed E-state index contributed by atoms with van der Waals surface area (Å²) in [6, 6.07) is 21.1. The molecule has 0 aliphatic heterocycles. The molecule has 0 amide bonds. The highest BCUT2D eigenvalue weighted by Gasteiger charge is 2.42. The fourth-order valence-electron chi connectivity index (χ4n) is 6.10. The predicted octanol–water partition coefficient (Wildman–Crippen LogP) is 6.54. The van der Waals surface area contributed by atoms with Crippen LogP contribution in [0.3, 0.4) is 0 Å². The molecule has 0 N–H and O–H groups in total. The Hall–Kier alpha value is -2.34. The topological polar surface area (TPSA) is 0 Å². The molecule has 0 fully saturated rings. The van der Waals surface area contributed by atoms with Gasteiger partial charge in [0.2, 0.25) is 0 Å².